The maximum Gasteiger partial charge on any atom is 0.311 e. The van der Waals surface area contributed by atoms with Crippen molar-refractivity contribution in [2.75, 3.05) is 0 Å². The van der Waals surface area contributed by atoms with Gasteiger partial charge in [-0.1, -0.05) is 146 Å². The number of carbonyl (C=O) groups excluding carboxylic acids is 2. The highest BCUT2D eigenvalue weighted by atomic mass is 28.4. The zero-order chi connectivity index (χ0) is 31.7. The Bertz CT molecular complexity index is 1970. The molecule has 4 nitrogen and oxygen atoms in total. The summed E-state index contributed by atoms with van der Waals surface area (Å²) in [6.45, 7) is 4.29. The van der Waals surface area contributed by atoms with Crippen LogP contribution in [0.5, 0.6) is 11.5 Å². The first-order valence-electron chi connectivity index (χ1n) is 15.4. The number of hydrogen-bond acceptors (Lipinski definition) is 4. The van der Waals surface area contributed by atoms with Crippen LogP contribution in [0.2, 0.25) is 13.1 Å². The fourth-order valence-corrected chi connectivity index (χ4v) is 12.0. The van der Waals surface area contributed by atoms with Crippen molar-refractivity contribution < 1.29 is 18.4 Å². The second kappa shape index (κ2) is 11.9. The molecule has 0 saturated heterocycles. The van der Waals surface area contributed by atoms with Gasteiger partial charge < -0.3 is 8.85 Å². The molecule has 0 heterocycles. The van der Waals surface area contributed by atoms with Gasteiger partial charge in [0.25, 0.3) is 0 Å². The van der Waals surface area contributed by atoms with E-state index < -0.39 is 16.6 Å². The van der Waals surface area contributed by atoms with Crippen molar-refractivity contribution in [2.45, 2.75) is 13.1 Å². The molecule has 0 spiro atoms. The highest BCUT2D eigenvalue weighted by Crippen LogP contribution is 2.41. The van der Waals surface area contributed by atoms with Gasteiger partial charge in [0.1, 0.15) is 5.75 Å². The zero-order valence-corrected chi connectivity index (χ0v) is 27.6. The molecule has 0 fully saturated rings. The molecule has 0 bridgehead atoms. The zero-order valence-electron chi connectivity index (χ0n) is 25.6. The number of benzene rings is 6. The first kappa shape index (κ1) is 29.4. The van der Waals surface area contributed by atoms with E-state index in [2.05, 4.69) is 61.6 Å². The molecule has 6 aromatic rings. The fraction of sp³-hybridized carbons (Fsp3) is 0.0500. The molecule has 0 radical (unpaired) electrons. The van der Waals surface area contributed by atoms with Gasteiger partial charge in [-0.2, -0.15) is 0 Å². The summed E-state index contributed by atoms with van der Waals surface area (Å²) in [4.78, 5) is 28.4. The van der Waals surface area contributed by atoms with Crippen molar-refractivity contribution in [3.8, 4) is 11.5 Å². The van der Waals surface area contributed by atoms with Crippen LogP contribution in [0.4, 0.5) is 0 Å². The molecular formula is C40H32O4Si2. The predicted molar refractivity (Wildman–Crippen MR) is 189 cm³/mol. The lowest BCUT2D eigenvalue weighted by Gasteiger charge is -2.35. The third-order valence-electron chi connectivity index (χ3n) is 8.93. The minimum atomic E-state index is -3.04. The lowest BCUT2D eigenvalue weighted by Crippen LogP contribution is -2.62. The molecule has 7 rings (SSSR count). The number of carbonyl (C=O) groups is 2. The molecule has 0 aliphatic heterocycles. The lowest BCUT2D eigenvalue weighted by atomic mass is 9.83. The smallest absolute Gasteiger partial charge is 0.311 e. The van der Waals surface area contributed by atoms with Gasteiger partial charge in [-0.05, 0) is 46.0 Å². The highest BCUT2D eigenvalue weighted by molar-refractivity contribution is 6.97. The van der Waals surface area contributed by atoms with E-state index in [1.165, 1.54) is 0 Å². The molecule has 0 saturated carbocycles. The Morgan fingerprint density at radius 3 is 1.20 bits per heavy atom. The number of fused-ring (bicyclic) bond motifs is 2. The van der Waals surface area contributed by atoms with Crippen LogP contribution >= 0.6 is 0 Å². The van der Waals surface area contributed by atoms with Crippen LogP contribution in [0.1, 0.15) is 31.8 Å². The molecule has 6 heteroatoms. The van der Waals surface area contributed by atoms with Crippen molar-refractivity contribution in [3.05, 3.63) is 180 Å². The van der Waals surface area contributed by atoms with E-state index in [0.717, 1.165) is 20.7 Å². The summed E-state index contributed by atoms with van der Waals surface area (Å²) in [6, 6.07) is 51.3. The van der Waals surface area contributed by atoms with E-state index in [0.29, 0.717) is 28.2 Å². The van der Waals surface area contributed by atoms with Gasteiger partial charge >= 0.3 is 16.6 Å². The van der Waals surface area contributed by atoms with Crippen molar-refractivity contribution in [2.24, 2.45) is 0 Å². The molecule has 0 N–H and O–H groups in total. The van der Waals surface area contributed by atoms with Crippen LogP contribution in [0, 0.1) is 0 Å². The normalized spacial score (nSPS) is 12.7. The molecule has 0 unspecified atom stereocenters. The SMILES string of the molecule is C[Si](Oc1ccc2c(c1O[Si](C)(c1ccccc1)c1ccccc1)C(=O)c1ccccc1C2=O)(c1ccccc1)c1ccccc1. The van der Waals surface area contributed by atoms with Crippen LogP contribution in [0.3, 0.4) is 0 Å². The van der Waals surface area contributed by atoms with Gasteiger partial charge in [0, 0.05) is 16.7 Å². The van der Waals surface area contributed by atoms with Crippen molar-refractivity contribution in [1.82, 2.24) is 0 Å². The number of rotatable bonds is 8. The lowest BCUT2D eigenvalue weighted by molar-refractivity contribution is 0.0977. The Morgan fingerprint density at radius 1 is 0.391 bits per heavy atom. The highest BCUT2D eigenvalue weighted by Gasteiger charge is 2.43. The molecular weight excluding hydrogens is 601 g/mol. The van der Waals surface area contributed by atoms with Gasteiger partial charge in [0.15, 0.2) is 17.3 Å². The fourth-order valence-electron chi connectivity index (χ4n) is 6.34. The summed E-state index contributed by atoms with van der Waals surface area (Å²) < 4.78 is 14.6. The van der Waals surface area contributed by atoms with Crippen LogP contribution in [0.25, 0.3) is 0 Å². The summed E-state index contributed by atoms with van der Waals surface area (Å²) >= 11 is 0. The molecule has 46 heavy (non-hydrogen) atoms. The average molecular weight is 633 g/mol. The van der Waals surface area contributed by atoms with Crippen LogP contribution in [0.15, 0.2) is 158 Å². The molecule has 0 aromatic heterocycles. The van der Waals surface area contributed by atoms with Crippen molar-refractivity contribution >= 4 is 48.9 Å². The second-order valence-corrected chi connectivity index (χ2v) is 18.6. The van der Waals surface area contributed by atoms with E-state index in [9.17, 15) is 9.59 Å². The van der Waals surface area contributed by atoms with Crippen molar-refractivity contribution in [1.29, 1.82) is 0 Å². The Balaban J connectivity index is 1.48. The Kier molecular flexibility index (Phi) is 7.60. The quantitative estimate of drug-likeness (QED) is 0.193. The Hall–Kier alpha value is -5.31. The largest absolute Gasteiger partial charge is 0.532 e. The third-order valence-corrected chi connectivity index (χ3v) is 15.9. The second-order valence-electron chi connectivity index (χ2n) is 11.8. The molecule has 1 aliphatic carbocycles. The summed E-state index contributed by atoms with van der Waals surface area (Å²) in [5.41, 5.74) is 1.35. The maximum atomic E-state index is 14.4. The van der Waals surface area contributed by atoms with Crippen LogP contribution in [-0.2, 0) is 0 Å². The number of ketones is 2. The van der Waals surface area contributed by atoms with E-state index in [1.54, 1.807) is 30.3 Å². The van der Waals surface area contributed by atoms with Crippen molar-refractivity contribution in [3.63, 3.8) is 0 Å². The standard InChI is InChI=1S/C40H32O4Si2/c1-45(29-17-7-3-8-18-29,30-19-9-4-10-20-30)43-36-28-27-35-37(39(42)34-26-16-15-25-33(34)38(35)41)40(36)44-46(2,31-21-11-5-12-22-31)32-23-13-6-14-24-32/h3-28H,1-2H3. The van der Waals surface area contributed by atoms with E-state index >= 15 is 0 Å². The van der Waals surface area contributed by atoms with Gasteiger partial charge in [0.2, 0.25) is 0 Å². The Labute approximate surface area is 271 Å². The predicted octanol–water partition coefficient (Wildman–Crippen LogP) is 6.00. The van der Waals surface area contributed by atoms with Gasteiger partial charge in [-0.25, -0.2) is 0 Å². The van der Waals surface area contributed by atoms with E-state index in [-0.39, 0.29) is 17.1 Å². The van der Waals surface area contributed by atoms with Crippen LogP contribution < -0.4 is 29.6 Å². The summed E-state index contributed by atoms with van der Waals surface area (Å²) in [5, 5.41) is 4.21. The summed E-state index contributed by atoms with van der Waals surface area (Å²) in [5.74, 6) is 0.325. The minimum absolute atomic E-state index is 0.199. The molecule has 1 aliphatic rings. The van der Waals surface area contributed by atoms with E-state index in [1.807, 2.05) is 78.9 Å². The monoisotopic (exact) mass is 632 g/mol. The Morgan fingerprint density at radius 2 is 0.761 bits per heavy atom. The van der Waals surface area contributed by atoms with Gasteiger partial charge in [-0.15, -0.1) is 0 Å². The topological polar surface area (TPSA) is 52.6 Å². The first-order valence-corrected chi connectivity index (χ1v) is 20.2. The number of hydrogen-bond donors (Lipinski definition) is 0. The average Bonchev–Trinajstić information content (AvgIpc) is 3.12. The van der Waals surface area contributed by atoms with Crippen LogP contribution in [-0.4, -0.2) is 28.2 Å². The minimum Gasteiger partial charge on any atom is -0.532 e. The molecule has 0 amide bonds. The van der Waals surface area contributed by atoms with E-state index in [4.69, 9.17) is 8.85 Å². The van der Waals surface area contributed by atoms with Gasteiger partial charge in [-0.3, -0.25) is 9.59 Å². The maximum absolute atomic E-state index is 14.4. The molecule has 0 atom stereocenters. The molecule has 224 valence electrons. The summed E-state index contributed by atoms with van der Waals surface area (Å²) in [6.07, 6.45) is 0. The van der Waals surface area contributed by atoms with Gasteiger partial charge in [0.05, 0.1) is 5.56 Å². The molecule has 6 aromatic carbocycles. The summed E-state index contributed by atoms with van der Waals surface area (Å²) in [7, 11) is -5.96. The third kappa shape index (κ3) is 5.02. The first-order chi connectivity index (χ1) is 22.4.